The van der Waals surface area contributed by atoms with Crippen molar-refractivity contribution in [1.82, 2.24) is 30.2 Å². The molecule has 0 radical (unpaired) electrons. The van der Waals surface area contributed by atoms with Gasteiger partial charge in [-0.15, -0.1) is 0 Å². The highest BCUT2D eigenvalue weighted by atomic mass is 16.4. The Hall–Kier alpha value is -2.08. The van der Waals surface area contributed by atoms with Gasteiger partial charge in [0.25, 0.3) is 0 Å². The molecule has 1 rings (SSSR count). The van der Waals surface area contributed by atoms with E-state index < -0.39 is 5.97 Å². The van der Waals surface area contributed by atoms with Crippen LogP contribution in [0, 0.1) is 0 Å². The lowest BCUT2D eigenvalue weighted by atomic mass is 10.2. The van der Waals surface area contributed by atoms with Crippen molar-refractivity contribution in [3.8, 4) is 0 Å². The molecule has 0 aromatic heterocycles. The molecule has 0 bridgehead atoms. The topological polar surface area (TPSA) is 126 Å². The number of likely N-dealkylation sites (N-methyl/N-ethyl adjacent to an activating group) is 1. The molecule has 0 saturated carbocycles. The molecule has 1 aliphatic rings. The van der Waals surface area contributed by atoms with E-state index in [1.807, 2.05) is 4.90 Å². The molecule has 11 nitrogen and oxygen atoms in total. The van der Waals surface area contributed by atoms with Gasteiger partial charge in [0.1, 0.15) is 6.29 Å². The van der Waals surface area contributed by atoms with Crippen LogP contribution in [0.2, 0.25) is 0 Å². The summed E-state index contributed by atoms with van der Waals surface area (Å²) in [4.78, 5) is 55.3. The van der Waals surface area contributed by atoms with Gasteiger partial charge in [-0.1, -0.05) is 33.1 Å². The molecule has 0 atom stereocenters. The summed E-state index contributed by atoms with van der Waals surface area (Å²) in [5.41, 5.74) is 0. The Bertz CT molecular complexity index is 665. The minimum Gasteiger partial charge on any atom is -0.480 e. The molecule has 2 amide bonds. The first-order valence-corrected chi connectivity index (χ1v) is 14.0. The number of carboxylic acid groups (broad SMARTS) is 1. The lowest BCUT2D eigenvalue weighted by Crippen LogP contribution is -2.48. The number of hydrogen-bond donors (Lipinski definition) is 3. The van der Waals surface area contributed by atoms with Gasteiger partial charge in [0.2, 0.25) is 11.8 Å². The Balaban J connectivity index is 2.52. The van der Waals surface area contributed by atoms with Gasteiger partial charge in [0.05, 0.1) is 19.6 Å². The van der Waals surface area contributed by atoms with E-state index in [4.69, 9.17) is 0 Å². The summed E-state index contributed by atoms with van der Waals surface area (Å²) in [6.07, 6.45) is 6.38. The van der Waals surface area contributed by atoms with Crippen LogP contribution in [0.3, 0.4) is 0 Å². The fourth-order valence-corrected chi connectivity index (χ4v) is 4.29. The number of rotatable bonds is 16. The molecule has 0 aliphatic carbocycles. The number of carbonyl (C=O) groups excluding carboxylic acids is 3. The van der Waals surface area contributed by atoms with E-state index >= 15 is 0 Å². The second-order valence-electron chi connectivity index (χ2n) is 9.71. The fraction of sp³-hybridized carbons (Fsp3) is 0.846. The number of nitrogens with one attached hydrogen (secondary N) is 2. The van der Waals surface area contributed by atoms with E-state index in [2.05, 4.69) is 39.2 Å². The van der Waals surface area contributed by atoms with Gasteiger partial charge in [-0.25, -0.2) is 0 Å². The summed E-state index contributed by atoms with van der Waals surface area (Å²) in [6, 6.07) is 0. The maximum Gasteiger partial charge on any atom is 0.317 e. The zero-order valence-electron chi connectivity index (χ0n) is 23.1. The van der Waals surface area contributed by atoms with Crippen LogP contribution in [-0.4, -0.2) is 140 Å². The van der Waals surface area contributed by atoms with Gasteiger partial charge < -0.3 is 25.4 Å². The average molecular weight is 527 g/mol. The van der Waals surface area contributed by atoms with Gasteiger partial charge >= 0.3 is 5.97 Å². The van der Waals surface area contributed by atoms with Gasteiger partial charge in [-0.2, -0.15) is 0 Å². The molecular formula is C26H50N6O5. The molecule has 3 N–H and O–H groups in total. The SMILES string of the molecule is CCCCCCNC(=O)CCCNC(=O)CN1CCN(CC)CCN(CC=O)CCN(CC(=O)O)CC1. The Morgan fingerprint density at radius 1 is 0.703 bits per heavy atom. The number of carbonyl (C=O) groups is 4. The smallest absolute Gasteiger partial charge is 0.317 e. The number of aliphatic carboxylic acids is 1. The third kappa shape index (κ3) is 17.1. The molecule has 11 heteroatoms. The molecule has 214 valence electrons. The second kappa shape index (κ2) is 20.9. The van der Waals surface area contributed by atoms with Crippen LogP contribution < -0.4 is 10.6 Å². The predicted octanol–water partition coefficient (Wildman–Crippen LogP) is 0.104. The summed E-state index contributed by atoms with van der Waals surface area (Å²) < 4.78 is 0. The lowest BCUT2D eigenvalue weighted by Gasteiger charge is -2.32. The van der Waals surface area contributed by atoms with E-state index in [0.717, 1.165) is 45.3 Å². The maximum absolute atomic E-state index is 12.6. The summed E-state index contributed by atoms with van der Waals surface area (Å²) >= 11 is 0. The minimum atomic E-state index is -0.888. The lowest BCUT2D eigenvalue weighted by molar-refractivity contribution is -0.138. The molecule has 0 unspecified atom stereocenters. The summed E-state index contributed by atoms with van der Waals surface area (Å²) in [5.74, 6) is -0.948. The highest BCUT2D eigenvalue weighted by molar-refractivity contribution is 5.78. The molecule has 0 aromatic rings. The standard InChI is InChI=1S/C26H50N6O5/c1-3-5-6-7-10-27-24(34)9-8-11-28-25(35)22-31-16-13-29(4-2)12-14-30(20-21-33)15-17-32(19-18-31)23-26(36)37/h21H,3-20,22-23H2,1-2H3,(H,27,34)(H,28,35)(H,36,37). The van der Waals surface area contributed by atoms with Crippen LogP contribution in [0.25, 0.3) is 0 Å². The predicted molar refractivity (Wildman–Crippen MR) is 145 cm³/mol. The van der Waals surface area contributed by atoms with Crippen molar-refractivity contribution >= 4 is 24.1 Å². The fourth-order valence-electron chi connectivity index (χ4n) is 4.29. The second-order valence-corrected chi connectivity index (χ2v) is 9.71. The van der Waals surface area contributed by atoms with Gasteiger partial charge in [-0.3, -0.25) is 29.1 Å². The van der Waals surface area contributed by atoms with Crippen molar-refractivity contribution in [1.29, 1.82) is 0 Å². The first-order valence-electron chi connectivity index (χ1n) is 14.0. The molecule has 1 fully saturated rings. The van der Waals surface area contributed by atoms with Crippen LogP contribution in [0.15, 0.2) is 0 Å². The number of aldehydes is 1. The quantitative estimate of drug-likeness (QED) is 0.190. The molecule has 0 aromatic carbocycles. The van der Waals surface area contributed by atoms with Gasteiger partial charge in [-0.05, 0) is 19.4 Å². The third-order valence-corrected chi connectivity index (χ3v) is 6.69. The molecule has 1 saturated heterocycles. The monoisotopic (exact) mass is 526 g/mol. The van der Waals surface area contributed by atoms with Crippen molar-refractivity contribution in [2.75, 3.05) is 91.6 Å². The molecule has 1 heterocycles. The van der Waals surface area contributed by atoms with E-state index in [-0.39, 0.29) is 24.9 Å². The van der Waals surface area contributed by atoms with Crippen molar-refractivity contribution in [2.45, 2.75) is 52.4 Å². The van der Waals surface area contributed by atoms with Crippen LogP contribution in [-0.2, 0) is 19.2 Å². The Morgan fingerprint density at radius 2 is 1.24 bits per heavy atom. The van der Waals surface area contributed by atoms with E-state index in [0.29, 0.717) is 65.2 Å². The first-order chi connectivity index (χ1) is 17.9. The molecule has 0 spiro atoms. The number of nitrogens with zero attached hydrogens (tertiary/aromatic N) is 4. The van der Waals surface area contributed by atoms with Crippen LogP contribution in [0.5, 0.6) is 0 Å². The third-order valence-electron chi connectivity index (χ3n) is 6.69. The summed E-state index contributed by atoms with van der Waals surface area (Å²) in [6.45, 7) is 12.1. The van der Waals surface area contributed by atoms with E-state index in [9.17, 15) is 24.3 Å². The van der Waals surface area contributed by atoms with Crippen molar-refractivity contribution in [3.63, 3.8) is 0 Å². The van der Waals surface area contributed by atoms with Crippen molar-refractivity contribution in [2.24, 2.45) is 0 Å². The number of hydrogen-bond acceptors (Lipinski definition) is 8. The highest BCUT2D eigenvalue weighted by Gasteiger charge is 2.18. The van der Waals surface area contributed by atoms with Crippen molar-refractivity contribution in [3.05, 3.63) is 0 Å². The van der Waals surface area contributed by atoms with E-state index in [1.54, 1.807) is 0 Å². The largest absolute Gasteiger partial charge is 0.480 e. The van der Waals surface area contributed by atoms with Crippen LogP contribution >= 0.6 is 0 Å². The van der Waals surface area contributed by atoms with Crippen molar-refractivity contribution < 1.29 is 24.3 Å². The number of amides is 2. The summed E-state index contributed by atoms with van der Waals surface area (Å²) in [7, 11) is 0. The molecule has 1 aliphatic heterocycles. The highest BCUT2D eigenvalue weighted by Crippen LogP contribution is 2.01. The minimum absolute atomic E-state index is 0.0266. The zero-order valence-corrected chi connectivity index (χ0v) is 23.1. The van der Waals surface area contributed by atoms with E-state index in [1.165, 1.54) is 12.8 Å². The zero-order chi connectivity index (χ0) is 27.3. The van der Waals surface area contributed by atoms with Crippen LogP contribution in [0.4, 0.5) is 0 Å². The first kappa shape index (κ1) is 32.9. The maximum atomic E-state index is 12.6. The number of carboxylic acids is 1. The normalized spacial score (nSPS) is 17.5. The summed E-state index contributed by atoms with van der Waals surface area (Å²) in [5, 5.41) is 15.2. The number of unbranched alkanes of at least 4 members (excludes halogenated alkanes) is 3. The van der Waals surface area contributed by atoms with Gasteiger partial charge in [0, 0.05) is 71.9 Å². The van der Waals surface area contributed by atoms with Crippen LogP contribution in [0.1, 0.15) is 52.4 Å². The Labute approximate surface area is 222 Å². The average Bonchev–Trinajstić information content (AvgIpc) is 2.86. The molecule has 37 heavy (non-hydrogen) atoms. The molecular weight excluding hydrogens is 476 g/mol. The Kier molecular flexibility index (Phi) is 18.6. The Morgan fingerprint density at radius 3 is 1.81 bits per heavy atom. The van der Waals surface area contributed by atoms with Gasteiger partial charge in [0.15, 0.2) is 0 Å².